The molecule has 100 valence electrons. The maximum Gasteiger partial charge on any atom is 0.159 e. The van der Waals surface area contributed by atoms with Gasteiger partial charge in [0.05, 0.1) is 0 Å². The number of hydrogen-bond acceptors (Lipinski definition) is 1. The van der Waals surface area contributed by atoms with Gasteiger partial charge in [-0.25, -0.2) is 8.78 Å². The van der Waals surface area contributed by atoms with Crippen LogP contribution < -0.4 is 5.73 Å². The van der Waals surface area contributed by atoms with E-state index < -0.39 is 11.6 Å². The maximum atomic E-state index is 13.2. The van der Waals surface area contributed by atoms with Gasteiger partial charge in [-0.05, 0) is 43.5 Å². The van der Waals surface area contributed by atoms with Crippen molar-refractivity contribution < 1.29 is 8.78 Å². The molecule has 0 spiro atoms. The van der Waals surface area contributed by atoms with E-state index in [9.17, 15) is 8.78 Å². The Morgan fingerprint density at radius 1 is 0.947 bits per heavy atom. The van der Waals surface area contributed by atoms with Crippen LogP contribution in [0.1, 0.15) is 28.3 Å². The number of benzene rings is 2. The average Bonchev–Trinajstić information content (AvgIpc) is 2.31. The molecule has 19 heavy (non-hydrogen) atoms. The van der Waals surface area contributed by atoms with Crippen LogP contribution in [0.5, 0.6) is 0 Å². The number of halogens is 2. The van der Waals surface area contributed by atoms with Gasteiger partial charge in [-0.3, -0.25) is 0 Å². The molecule has 0 aromatic heterocycles. The van der Waals surface area contributed by atoms with Crippen molar-refractivity contribution in [3.63, 3.8) is 0 Å². The smallest absolute Gasteiger partial charge is 0.159 e. The summed E-state index contributed by atoms with van der Waals surface area (Å²) >= 11 is 0. The number of hydrogen-bond donors (Lipinski definition) is 1. The van der Waals surface area contributed by atoms with Crippen molar-refractivity contribution in [3.8, 4) is 0 Å². The second kappa shape index (κ2) is 5.49. The molecule has 2 aromatic rings. The van der Waals surface area contributed by atoms with E-state index in [0.29, 0.717) is 12.0 Å². The van der Waals surface area contributed by atoms with Crippen LogP contribution in [0.25, 0.3) is 0 Å². The molecule has 0 fully saturated rings. The third-order valence-electron chi connectivity index (χ3n) is 3.11. The second-order valence-electron chi connectivity index (χ2n) is 4.98. The molecule has 0 aliphatic carbocycles. The van der Waals surface area contributed by atoms with Crippen LogP contribution in [0.4, 0.5) is 8.78 Å². The molecule has 1 unspecified atom stereocenters. The Kier molecular flexibility index (Phi) is 3.96. The standard InChI is InChI=1S/C16H17F2N/c1-10-5-11(2)7-12(6-10)8-16(19)13-3-4-14(17)15(18)9-13/h3-7,9,16H,8,19H2,1-2H3. The molecular weight excluding hydrogens is 244 g/mol. The number of nitrogens with two attached hydrogens (primary N) is 1. The largest absolute Gasteiger partial charge is 0.324 e. The second-order valence-corrected chi connectivity index (χ2v) is 4.98. The highest BCUT2D eigenvalue weighted by Gasteiger charge is 2.11. The van der Waals surface area contributed by atoms with E-state index in [1.165, 1.54) is 23.3 Å². The highest BCUT2D eigenvalue weighted by Crippen LogP contribution is 2.20. The Balaban J connectivity index is 2.20. The zero-order valence-electron chi connectivity index (χ0n) is 11.1. The summed E-state index contributed by atoms with van der Waals surface area (Å²) in [6.07, 6.45) is 0.605. The first-order valence-electron chi connectivity index (χ1n) is 6.23. The minimum Gasteiger partial charge on any atom is -0.324 e. The monoisotopic (exact) mass is 261 g/mol. The lowest BCUT2D eigenvalue weighted by molar-refractivity contribution is 0.505. The van der Waals surface area contributed by atoms with Gasteiger partial charge in [-0.1, -0.05) is 35.4 Å². The first-order chi connectivity index (χ1) is 8.95. The summed E-state index contributed by atoms with van der Waals surface area (Å²) in [7, 11) is 0. The third kappa shape index (κ3) is 3.38. The van der Waals surface area contributed by atoms with Gasteiger partial charge in [0, 0.05) is 6.04 Å². The van der Waals surface area contributed by atoms with E-state index in [-0.39, 0.29) is 6.04 Å². The van der Waals surface area contributed by atoms with Crippen molar-refractivity contribution in [2.24, 2.45) is 5.73 Å². The van der Waals surface area contributed by atoms with Crippen molar-refractivity contribution in [2.45, 2.75) is 26.3 Å². The molecule has 0 radical (unpaired) electrons. The quantitative estimate of drug-likeness (QED) is 0.893. The Morgan fingerprint density at radius 3 is 2.16 bits per heavy atom. The summed E-state index contributed by atoms with van der Waals surface area (Å²) in [5.74, 6) is -1.70. The van der Waals surface area contributed by atoms with E-state index in [4.69, 9.17) is 5.73 Å². The lowest BCUT2D eigenvalue weighted by Crippen LogP contribution is -2.14. The summed E-state index contributed by atoms with van der Waals surface area (Å²) < 4.78 is 26.1. The Labute approximate surface area is 112 Å². The van der Waals surface area contributed by atoms with Crippen molar-refractivity contribution in [1.29, 1.82) is 0 Å². The van der Waals surface area contributed by atoms with E-state index in [2.05, 4.69) is 18.2 Å². The van der Waals surface area contributed by atoms with E-state index in [1.54, 1.807) is 0 Å². The highest BCUT2D eigenvalue weighted by molar-refractivity contribution is 5.31. The van der Waals surface area contributed by atoms with Crippen LogP contribution in [0, 0.1) is 25.5 Å². The molecule has 1 atom stereocenters. The zero-order chi connectivity index (χ0) is 14.0. The van der Waals surface area contributed by atoms with E-state index in [0.717, 1.165) is 11.6 Å². The fraction of sp³-hybridized carbons (Fsp3) is 0.250. The molecule has 3 heteroatoms. The van der Waals surface area contributed by atoms with E-state index >= 15 is 0 Å². The van der Waals surface area contributed by atoms with Gasteiger partial charge >= 0.3 is 0 Å². The number of rotatable bonds is 3. The lowest BCUT2D eigenvalue weighted by Gasteiger charge is -2.13. The molecule has 0 saturated carbocycles. The van der Waals surface area contributed by atoms with Crippen LogP contribution in [0.3, 0.4) is 0 Å². The van der Waals surface area contributed by atoms with Gasteiger partial charge in [0.1, 0.15) is 0 Å². The van der Waals surface area contributed by atoms with Crippen molar-refractivity contribution in [3.05, 3.63) is 70.3 Å². The van der Waals surface area contributed by atoms with Gasteiger partial charge in [-0.2, -0.15) is 0 Å². The first kappa shape index (κ1) is 13.7. The van der Waals surface area contributed by atoms with Crippen molar-refractivity contribution >= 4 is 0 Å². The fourth-order valence-corrected chi connectivity index (χ4v) is 2.30. The molecule has 0 aliphatic heterocycles. The summed E-state index contributed by atoms with van der Waals surface area (Å²) in [5, 5.41) is 0. The maximum absolute atomic E-state index is 13.2. The molecule has 2 aromatic carbocycles. The predicted octanol–water partition coefficient (Wildman–Crippen LogP) is 3.82. The first-order valence-corrected chi connectivity index (χ1v) is 6.23. The van der Waals surface area contributed by atoms with Gasteiger partial charge in [0.25, 0.3) is 0 Å². The average molecular weight is 261 g/mol. The summed E-state index contributed by atoms with van der Waals surface area (Å²) in [4.78, 5) is 0. The fourth-order valence-electron chi connectivity index (χ4n) is 2.30. The minimum atomic E-state index is -0.853. The SMILES string of the molecule is Cc1cc(C)cc(CC(N)c2ccc(F)c(F)c2)c1. The normalized spacial score (nSPS) is 12.5. The zero-order valence-corrected chi connectivity index (χ0v) is 11.1. The molecule has 2 N–H and O–H groups in total. The minimum absolute atomic E-state index is 0.337. The number of aryl methyl sites for hydroxylation is 2. The topological polar surface area (TPSA) is 26.0 Å². The summed E-state index contributed by atoms with van der Waals surface area (Å²) in [5.41, 5.74) is 10.1. The Bertz CT molecular complexity index is 573. The lowest BCUT2D eigenvalue weighted by atomic mass is 9.97. The summed E-state index contributed by atoms with van der Waals surface area (Å²) in [6.45, 7) is 4.05. The molecule has 0 aliphatic rings. The summed E-state index contributed by atoms with van der Waals surface area (Å²) in [6, 6.07) is 9.70. The molecule has 2 rings (SSSR count). The Hall–Kier alpha value is -1.74. The van der Waals surface area contributed by atoms with Crippen LogP contribution in [0.2, 0.25) is 0 Å². The van der Waals surface area contributed by atoms with Gasteiger partial charge in [-0.15, -0.1) is 0 Å². The Morgan fingerprint density at radius 2 is 1.58 bits per heavy atom. The molecule has 0 heterocycles. The van der Waals surface area contributed by atoms with Crippen LogP contribution >= 0.6 is 0 Å². The van der Waals surface area contributed by atoms with Crippen LogP contribution in [0.15, 0.2) is 36.4 Å². The predicted molar refractivity (Wildman–Crippen MR) is 72.9 cm³/mol. The van der Waals surface area contributed by atoms with Crippen LogP contribution in [-0.4, -0.2) is 0 Å². The van der Waals surface area contributed by atoms with Gasteiger partial charge in [0.15, 0.2) is 11.6 Å². The molecule has 0 bridgehead atoms. The van der Waals surface area contributed by atoms with Gasteiger partial charge < -0.3 is 5.73 Å². The third-order valence-corrected chi connectivity index (χ3v) is 3.11. The van der Waals surface area contributed by atoms with Crippen molar-refractivity contribution in [2.75, 3.05) is 0 Å². The molecular formula is C16H17F2N. The van der Waals surface area contributed by atoms with E-state index in [1.807, 2.05) is 13.8 Å². The molecule has 0 amide bonds. The van der Waals surface area contributed by atoms with Gasteiger partial charge in [0.2, 0.25) is 0 Å². The van der Waals surface area contributed by atoms with Crippen LogP contribution in [-0.2, 0) is 6.42 Å². The molecule has 1 nitrogen and oxygen atoms in total. The highest BCUT2D eigenvalue weighted by atomic mass is 19.2. The molecule has 0 saturated heterocycles. The van der Waals surface area contributed by atoms with Crippen molar-refractivity contribution in [1.82, 2.24) is 0 Å².